The zero-order valence-electron chi connectivity index (χ0n) is 17.4. The molecule has 8 heteroatoms. The first-order valence-electron chi connectivity index (χ1n) is 10.1. The largest absolute Gasteiger partial charge is 0.496 e. The van der Waals surface area contributed by atoms with E-state index in [1.54, 1.807) is 25.3 Å². The van der Waals surface area contributed by atoms with Crippen molar-refractivity contribution < 1.29 is 17.9 Å². The third-order valence-corrected chi connectivity index (χ3v) is 7.39. The van der Waals surface area contributed by atoms with E-state index in [2.05, 4.69) is 22.2 Å². The van der Waals surface area contributed by atoms with E-state index in [9.17, 15) is 13.2 Å². The lowest BCUT2D eigenvalue weighted by atomic mass is 9.74. The van der Waals surface area contributed by atoms with E-state index in [1.807, 2.05) is 24.3 Å². The van der Waals surface area contributed by atoms with E-state index in [4.69, 9.17) is 4.74 Å². The number of nitrogens with one attached hydrogen (secondary N) is 2. The molecule has 2 aromatic carbocycles. The average Bonchev–Trinajstić information content (AvgIpc) is 3.02. The highest BCUT2D eigenvalue weighted by atomic mass is 32.2. The van der Waals surface area contributed by atoms with Crippen molar-refractivity contribution in [1.82, 2.24) is 14.3 Å². The molecule has 2 N–H and O–H groups in total. The number of ether oxygens (including phenoxy) is 1. The molecule has 1 aliphatic heterocycles. The number of rotatable bonds is 7. The molecule has 0 radical (unpaired) electrons. The summed E-state index contributed by atoms with van der Waals surface area (Å²) in [6, 6.07) is 17.1. The van der Waals surface area contributed by atoms with Crippen LogP contribution in [-0.4, -0.2) is 52.4 Å². The number of carbonyl (C=O) groups excluding carboxylic acids is 1. The third kappa shape index (κ3) is 4.83. The number of carbonyl (C=O) groups is 1. The first-order valence-corrected chi connectivity index (χ1v) is 11.5. The van der Waals surface area contributed by atoms with Crippen LogP contribution in [0.15, 0.2) is 54.6 Å². The van der Waals surface area contributed by atoms with Crippen LogP contribution in [0.5, 0.6) is 5.75 Å². The van der Waals surface area contributed by atoms with Crippen molar-refractivity contribution in [1.29, 1.82) is 0 Å². The molecule has 0 spiro atoms. The summed E-state index contributed by atoms with van der Waals surface area (Å²) >= 11 is 0. The van der Waals surface area contributed by atoms with Crippen molar-refractivity contribution in [3.63, 3.8) is 0 Å². The first-order chi connectivity index (χ1) is 14.4. The van der Waals surface area contributed by atoms with Crippen molar-refractivity contribution in [3.05, 3.63) is 65.7 Å². The van der Waals surface area contributed by atoms with Crippen molar-refractivity contribution in [2.75, 3.05) is 33.8 Å². The van der Waals surface area contributed by atoms with Crippen LogP contribution >= 0.6 is 0 Å². The summed E-state index contributed by atoms with van der Waals surface area (Å²) in [5.41, 5.74) is 1.24. The summed E-state index contributed by atoms with van der Waals surface area (Å²) in [7, 11) is -0.511. The third-order valence-electron chi connectivity index (χ3n) is 5.83. The number of para-hydroxylation sites is 1. The molecule has 0 aliphatic carbocycles. The van der Waals surface area contributed by atoms with E-state index in [1.165, 1.54) is 11.4 Å². The maximum atomic E-state index is 12.9. The van der Waals surface area contributed by atoms with Gasteiger partial charge in [0.05, 0.1) is 12.7 Å². The van der Waals surface area contributed by atoms with Gasteiger partial charge in [0.25, 0.3) is 16.1 Å². The van der Waals surface area contributed by atoms with Gasteiger partial charge in [-0.1, -0.05) is 42.5 Å². The van der Waals surface area contributed by atoms with Crippen LogP contribution in [0.2, 0.25) is 0 Å². The summed E-state index contributed by atoms with van der Waals surface area (Å²) in [4.78, 5) is 12.9. The predicted molar refractivity (Wildman–Crippen MR) is 117 cm³/mol. The Balaban J connectivity index is 1.84. The lowest BCUT2D eigenvalue weighted by Gasteiger charge is -2.34. The number of amides is 1. The van der Waals surface area contributed by atoms with E-state index in [-0.39, 0.29) is 11.3 Å². The molecule has 0 bridgehead atoms. The average molecular weight is 432 g/mol. The lowest BCUT2D eigenvalue weighted by molar-refractivity contribution is 0.0937. The Kier molecular flexibility index (Phi) is 7.12. The van der Waals surface area contributed by atoms with Gasteiger partial charge >= 0.3 is 0 Å². The quantitative estimate of drug-likeness (QED) is 0.704. The molecule has 1 fully saturated rings. The fourth-order valence-corrected chi connectivity index (χ4v) is 5.03. The van der Waals surface area contributed by atoms with E-state index in [0.29, 0.717) is 43.8 Å². The Morgan fingerprint density at radius 2 is 1.77 bits per heavy atom. The van der Waals surface area contributed by atoms with E-state index in [0.717, 1.165) is 12.0 Å². The van der Waals surface area contributed by atoms with Crippen LogP contribution in [-0.2, 0) is 15.6 Å². The second-order valence-electron chi connectivity index (χ2n) is 7.49. The van der Waals surface area contributed by atoms with Crippen LogP contribution in [0.1, 0.15) is 35.2 Å². The zero-order chi connectivity index (χ0) is 21.6. The Hall–Kier alpha value is -2.42. The predicted octanol–water partition coefficient (Wildman–Crippen LogP) is 2.31. The maximum absolute atomic E-state index is 12.9. The summed E-state index contributed by atoms with van der Waals surface area (Å²) in [6.07, 6.45) is 2.10. The van der Waals surface area contributed by atoms with Gasteiger partial charge in [-0.2, -0.15) is 12.7 Å². The van der Waals surface area contributed by atoms with Crippen LogP contribution < -0.4 is 14.8 Å². The topological polar surface area (TPSA) is 87.7 Å². The van der Waals surface area contributed by atoms with Gasteiger partial charge in [0.15, 0.2) is 0 Å². The molecular formula is C22H29N3O4S. The minimum absolute atomic E-state index is 0.202. The molecule has 3 rings (SSSR count). The van der Waals surface area contributed by atoms with Gasteiger partial charge in [-0.05, 0) is 37.0 Å². The molecular weight excluding hydrogens is 402 g/mol. The Morgan fingerprint density at radius 1 is 1.07 bits per heavy atom. The smallest absolute Gasteiger partial charge is 0.279 e. The second kappa shape index (κ2) is 9.59. The minimum atomic E-state index is -3.48. The summed E-state index contributed by atoms with van der Waals surface area (Å²) < 4.78 is 33.8. The van der Waals surface area contributed by atoms with Gasteiger partial charge in [-0.15, -0.1) is 0 Å². The van der Waals surface area contributed by atoms with Gasteiger partial charge in [0, 0.05) is 32.1 Å². The van der Waals surface area contributed by atoms with Gasteiger partial charge in [-0.25, -0.2) is 4.72 Å². The Morgan fingerprint density at radius 3 is 2.47 bits per heavy atom. The summed E-state index contributed by atoms with van der Waals surface area (Å²) in [5.74, 6) is 0.322. The molecule has 1 unspecified atom stereocenters. The molecule has 2 aromatic rings. The first kappa shape index (κ1) is 22.3. The molecule has 30 heavy (non-hydrogen) atoms. The molecule has 1 saturated heterocycles. The summed E-state index contributed by atoms with van der Waals surface area (Å²) in [6.45, 7) is 1.27. The molecule has 1 heterocycles. The molecule has 1 atom stereocenters. The Labute approximate surface area is 178 Å². The second-order valence-corrected chi connectivity index (χ2v) is 9.37. The van der Waals surface area contributed by atoms with Crippen molar-refractivity contribution in [2.24, 2.45) is 0 Å². The van der Waals surface area contributed by atoms with Gasteiger partial charge < -0.3 is 10.1 Å². The number of hydrogen-bond acceptors (Lipinski definition) is 4. The SMILES string of the molecule is CNS(=O)(=O)N1CCCC(CNC(=O)c2ccccc2OC)(c2ccccc2)CC1. The standard InChI is InChI=1S/C22H29N3O4S/c1-23-30(27,28)25-15-8-13-22(14-16-25,18-9-4-3-5-10-18)17-24-21(26)19-11-6-7-12-20(19)29-2/h3-7,9-12,23H,8,13-17H2,1-2H3,(H,24,26). The van der Waals surface area contributed by atoms with Gasteiger partial charge in [0.1, 0.15) is 5.75 Å². The lowest BCUT2D eigenvalue weighted by Crippen LogP contribution is -2.43. The van der Waals surface area contributed by atoms with Crippen LogP contribution in [0.25, 0.3) is 0 Å². The molecule has 7 nitrogen and oxygen atoms in total. The molecule has 1 amide bonds. The highest BCUT2D eigenvalue weighted by Crippen LogP contribution is 2.35. The number of methoxy groups -OCH3 is 1. The van der Waals surface area contributed by atoms with E-state index >= 15 is 0 Å². The fourth-order valence-electron chi connectivity index (χ4n) is 4.07. The fraction of sp³-hybridized carbons (Fsp3) is 0.409. The molecule has 0 saturated carbocycles. The number of nitrogens with zero attached hydrogens (tertiary/aromatic N) is 1. The van der Waals surface area contributed by atoms with Crippen LogP contribution in [0, 0.1) is 0 Å². The van der Waals surface area contributed by atoms with Crippen molar-refractivity contribution in [3.8, 4) is 5.75 Å². The normalized spacial score (nSPS) is 20.3. The molecule has 162 valence electrons. The molecule has 1 aliphatic rings. The van der Waals surface area contributed by atoms with Crippen molar-refractivity contribution in [2.45, 2.75) is 24.7 Å². The molecule has 0 aromatic heterocycles. The maximum Gasteiger partial charge on any atom is 0.279 e. The minimum Gasteiger partial charge on any atom is -0.496 e. The number of benzene rings is 2. The van der Waals surface area contributed by atoms with Gasteiger partial charge in [0.2, 0.25) is 0 Å². The highest BCUT2D eigenvalue weighted by molar-refractivity contribution is 7.87. The van der Waals surface area contributed by atoms with Crippen LogP contribution in [0.3, 0.4) is 0 Å². The monoisotopic (exact) mass is 431 g/mol. The summed E-state index contributed by atoms with van der Waals surface area (Å²) in [5, 5.41) is 3.08. The van der Waals surface area contributed by atoms with Crippen LogP contribution in [0.4, 0.5) is 0 Å². The van der Waals surface area contributed by atoms with E-state index < -0.39 is 10.2 Å². The van der Waals surface area contributed by atoms with Crippen molar-refractivity contribution >= 4 is 16.1 Å². The Bertz CT molecular complexity index is 965. The van der Waals surface area contributed by atoms with Gasteiger partial charge in [-0.3, -0.25) is 4.79 Å². The highest BCUT2D eigenvalue weighted by Gasteiger charge is 2.37. The number of hydrogen-bond donors (Lipinski definition) is 2. The zero-order valence-corrected chi connectivity index (χ0v) is 18.2.